The van der Waals surface area contributed by atoms with Crippen molar-refractivity contribution in [3.63, 3.8) is 0 Å². The Labute approximate surface area is 136 Å². The van der Waals surface area contributed by atoms with Gasteiger partial charge in [0.2, 0.25) is 5.91 Å². The van der Waals surface area contributed by atoms with E-state index in [9.17, 15) is 14.4 Å². The van der Waals surface area contributed by atoms with Crippen molar-refractivity contribution >= 4 is 40.9 Å². The van der Waals surface area contributed by atoms with Crippen molar-refractivity contribution in [2.45, 2.75) is 0 Å². The largest absolute Gasteiger partial charge is 0.329 e. The first-order chi connectivity index (χ1) is 11.1. The maximum Gasteiger partial charge on any atom is 0.329 e. The molecule has 0 saturated carbocycles. The molecule has 1 aliphatic heterocycles. The molecule has 116 valence electrons. The molecule has 3 rings (SSSR count). The van der Waals surface area contributed by atoms with E-state index >= 15 is 0 Å². The fourth-order valence-corrected chi connectivity index (χ4v) is 2.75. The van der Waals surface area contributed by atoms with Gasteiger partial charge in [-0.1, -0.05) is 24.3 Å². The molecule has 7 heteroatoms. The molecule has 1 aromatic carbocycles. The third kappa shape index (κ3) is 3.46. The van der Waals surface area contributed by atoms with Gasteiger partial charge in [0.1, 0.15) is 12.2 Å². The van der Waals surface area contributed by atoms with E-state index in [0.717, 1.165) is 9.78 Å². The van der Waals surface area contributed by atoms with Crippen molar-refractivity contribution in [1.82, 2.24) is 10.2 Å². The number of nitrogens with one attached hydrogen (secondary N) is 2. The Morgan fingerprint density at radius 2 is 1.96 bits per heavy atom. The zero-order chi connectivity index (χ0) is 16.2. The predicted octanol–water partition coefficient (Wildman–Crippen LogP) is 2.28. The van der Waals surface area contributed by atoms with Crippen LogP contribution >= 0.6 is 11.3 Å². The van der Waals surface area contributed by atoms with E-state index in [1.54, 1.807) is 30.3 Å². The van der Waals surface area contributed by atoms with Crippen LogP contribution in [0.4, 0.5) is 10.5 Å². The fraction of sp³-hybridized carbons (Fsp3) is 0.0625. The maximum atomic E-state index is 12.2. The van der Waals surface area contributed by atoms with Gasteiger partial charge in [-0.25, -0.2) is 9.69 Å². The third-order valence-corrected chi connectivity index (χ3v) is 3.97. The van der Waals surface area contributed by atoms with Gasteiger partial charge in [-0.15, -0.1) is 11.3 Å². The Morgan fingerprint density at radius 3 is 2.65 bits per heavy atom. The van der Waals surface area contributed by atoms with Crippen LogP contribution in [0.1, 0.15) is 4.88 Å². The van der Waals surface area contributed by atoms with Gasteiger partial charge in [0, 0.05) is 10.6 Å². The average Bonchev–Trinajstić information content (AvgIpc) is 3.13. The summed E-state index contributed by atoms with van der Waals surface area (Å²) in [6.45, 7) is -0.332. The summed E-state index contributed by atoms with van der Waals surface area (Å²) < 4.78 is 0. The number of nitrogens with zero attached hydrogens (tertiary/aromatic N) is 1. The Balaban J connectivity index is 1.67. The molecule has 1 fully saturated rings. The highest BCUT2D eigenvalue weighted by Crippen LogP contribution is 2.17. The summed E-state index contributed by atoms with van der Waals surface area (Å²) in [4.78, 5) is 37.8. The molecule has 2 aromatic rings. The van der Waals surface area contributed by atoms with Gasteiger partial charge in [-0.3, -0.25) is 9.59 Å². The molecule has 2 N–H and O–H groups in total. The molecule has 6 nitrogen and oxygen atoms in total. The van der Waals surface area contributed by atoms with Crippen LogP contribution in [0, 0.1) is 0 Å². The van der Waals surface area contributed by atoms with Crippen LogP contribution in [0.2, 0.25) is 0 Å². The molecule has 0 atom stereocenters. The summed E-state index contributed by atoms with van der Waals surface area (Å²) in [6, 6.07) is 11.9. The maximum absolute atomic E-state index is 12.2. The molecule has 0 aliphatic carbocycles. The topological polar surface area (TPSA) is 78.5 Å². The summed E-state index contributed by atoms with van der Waals surface area (Å²) >= 11 is 1.45. The first kappa shape index (κ1) is 15.0. The predicted molar refractivity (Wildman–Crippen MR) is 87.6 cm³/mol. The SMILES string of the molecule is O=C(CN1C(=O)N/C(=C\c2cccs2)C1=O)Nc1ccccc1. The van der Waals surface area contributed by atoms with Crippen LogP contribution in [0.3, 0.4) is 0 Å². The van der Waals surface area contributed by atoms with Crippen LogP contribution in [0.15, 0.2) is 53.5 Å². The van der Waals surface area contributed by atoms with Crippen molar-refractivity contribution in [2.24, 2.45) is 0 Å². The molecule has 1 saturated heterocycles. The number of rotatable bonds is 4. The van der Waals surface area contributed by atoms with Crippen LogP contribution in [0.5, 0.6) is 0 Å². The van der Waals surface area contributed by atoms with Gasteiger partial charge in [0.15, 0.2) is 0 Å². The van der Waals surface area contributed by atoms with Crippen LogP contribution < -0.4 is 10.6 Å². The molecule has 0 unspecified atom stereocenters. The summed E-state index contributed by atoms with van der Waals surface area (Å²) in [5, 5.41) is 7.00. The van der Waals surface area contributed by atoms with E-state index in [0.29, 0.717) is 5.69 Å². The lowest BCUT2D eigenvalue weighted by atomic mass is 10.3. The lowest BCUT2D eigenvalue weighted by Gasteiger charge is -2.11. The molecule has 0 spiro atoms. The second kappa shape index (κ2) is 6.45. The number of thiophene rings is 1. The second-order valence-electron chi connectivity index (χ2n) is 4.81. The zero-order valence-electron chi connectivity index (χ0n) is 12.0. The first-order valence-electron chi connectivity index (χ1n) is 6.86. The lowest BCUT2D eigenvalue weighted by Crippen LogP contribution is -2.38. The summed E-state index contributed by atoms with van der Waals surface area (Å²) in [6.07, 6.45) is 1.60. The van der Waals surface area contributed by atoms with Crippen LogP contribution in [-0.4, -0.2) is 29.3 Å². The highest BCUT2D eigenvalue weighted by Gasteiger charge is 2.34. The number of urea groups is 1. The van der Waals surface area contributed by atoms with Gasteiger partial charge in [-0.2, -0.15) is 0 Å². The van der Waals surface area contributed by atoms with Gasteiger partial charge in [0.25, 0.3) is 5.91 Å². The zero-order valence-corrected chi connectivity index (χ0v) is 12.8. The number of imide groups is 1. The van der Waals surface area contributed by atoms with Crippen LogP contribution in [-0.2, 0) is 9.59 Å². The molecular formula is C16H13N3O3S. The fourth-order valence-electron chi connectivity index (χ4n) is 2.10. The van der Waals surface area contributed by atoms with Crippen molar-refractivity contribution in [1.29, 1.82) is 0 Å². The summed E-state index contributed by atoms with van der Waals surface area (Å²) in [7, 11) is 0. The Kier molecular flexibility index (Phi) is 4.20. The monoisotopic (exact) mass is 327 g/mol. The minimum atomic E-state index is -0.596. The highest BCUT2D eigenvalue weighted by molar-refractivity contribution is 7.10. The molecule has 2 heterocycles. The number of hydrogen-bond donors (Lipinski definition) is 2. The molecular weight excluding hydrogens is 314 g/mol. The summed E-state index contributed by atoms with van der Waals surface area (Å²) in [5.41, 5.74) is 0.781. The molecule has 1 aromatic heterocycles. The number of hydrogen-bond acceptors (Lipinski definition) is 4. The molecule has 4 amide bonds. The number of anilines is 1. The highest BCUT2D eigenvalue weighted by atomic mass is 32.1. The van der Waals surface area contributed by atoms with E-state index in [1.165, 1.54) is 11.3 Å². The number of amides is 4. The molecule has 1 aliphatic rings. The van der Waals surface area contributed by atoms with E-state index in [-0.39, 0.29) is 12.2 Å². The van der Waals surface area contributed by atoms with E-state index in [1.807, 2.05) is 23.6 Å². The van der Waals surface area contributed by atoms with Crippen LogP contribution in [0.25, 0.3) is 6.08 Å². The van der Waals surface area contributed by atoms with E-state index < -0.39 is 17.8 Å². The van der Waals surface area contributed by atoms with Gasteiger partial charge in [0.05, 0.1) is 0 Å². The summed E-state index contributed by atoms with van der Waals surface area (Å²) in [5.74, 6) is -0.941. The van der Waals surface area contributed by atoms with Gasteiger partial charge in [-0.05, 0) is 29.7 Å². The standard InChI is InChI=1S/C16H13N3O3S/c20-14(17-11-5-2-1-3-6-11)10-19-15(21)13(18-16(19)22)9-12-7-4-8-23-12/h1-9H,10H2,(H,17,20)(H,18,22)/b13-9-. The number of carbonyl (C=O) groups excluding carboxylic acids is 3. The minimum Gasteiger partial charge on any atom is -0.325 e. The van der Waals surface area contributed by atoms with Crippen molar-refractivity contribution in [3.05, 3.63) is 58.4 Å². The average molecular weight is 327 g/mol. The third-order valence-electron chi connectivity index (χ3n) is 3.15. The smallest absolute Gasteiger partial charge is 0.325 e. The van der Waals surface area contributed by atoms with Gasteiger partial charge >= 0.3 is 6.03 Å². The minimum absolute atomic E-state index is 0.171. The van der Waals surface area contributed by atoms with Crippen molar-refractivity contribution in [2.75, 3.05) is 11.9 Å². The quantitative estimate of drug-likeness (QED) is 0.668. The molecule has 23 heavy (non-hydrogen) atoms. The Bertz CT molecular complexity index is 769. The number of para-hydroxylation sites is 1. The van der Waals surface area contributed by atoms with E-state index in [2.05, 4.69) is 10.6 Å². The molecule has 0 radical (unpaired) electrons. The normalized spacial score (nSPS) is 15.8. The number of carbonyl (C=O) groups is 3. The van der Waals surface area contributed by atoms with Crippen molar-refractivity contribution in [3.8, 4) is 0 Å². The second-order valence-corrected chi connectivity index (χ2v) is 5.79. The van der Waals surface area contributed by atoms with Crippen molar-refractivity contribution < 1.29 is 14.4 Å². The number of benzene rings is 1. The molecule has 0 bridgehead atoms. The lowest BCUT2D eigenvalue weighted by molar-refractivity contribution is -0.127. The Morgan fingerprint density at radius 1 is 1.17 bits per heavy atom. The van der Waals surface area contributed by atoms with E-state index in [4.69, 9.17) is 0 Å². The Hall–Kier alpha value is -2.93. The first-order valence-corrected chi connectivity index (χ1v) is 7.74. The van der Waals surface area contributed by atoms with Gasteiger partial charge < -0.3 is 10.6 Å².